The fourth-order valence-electron chi connectivity index (χ4n) is 2.55. The molecular formula is C14H17N3O2. The van der Waals surface area contributed by atoms with Crippen LogP contribution < -0.4 is 10.6 Å². The van der Waals surface area contributed by atoms with Gasteiger partial charge in [0.15, 0.2) is 0 Å². The molecule has 1 saturated heterocycles. The first kappa shape index (κ1) is 12.2. The number of aliphatic hydroxyl groups excluding tert-OH is 1. The molecule has 1 aliphatic heterocycles. The van der Waals surface area contributed by atoms with E-state index in [9.17, 15) is 5.11 Å². The highest BCUT2D eigenvalue weighted by Crippen LogP contribution is 2.32. The van der Waals surface area contributed by atoms with E-state index < -0.39 is 0 Å². The van der Waals surface area contributed by atoms with Crippen molar-refractivity contribution < 1.29 is 9.84 Å². The molecule has 0 radical (unpaired) electrons. The second-order valence-electron chi connectivity index (χ2n) is 4.70. The van der Waals surface area contributed by atoms with Crippen LogP contribution in [0.2, 0.25) is 0 Å². The second kappa shape index (κ2) is 5.03. The third-order valence-electron chi connectivity index (χ3n) is 3.59. The highest BCUT2D eigenvalue weighted by molar-refractivity contribution is 5.98. The van der Waals surface area contributed by atoms with E-state index in [0.717, 1.165) is 28.7 Å². The van der Waals surface area contributed by atoms with Gasteiger partial charge in [0.2, 0.25) is 0 Å². The monoisotopic (exact) mass is 259 g/mol. The van der Waals surface area contributed by atoms with Gasteiger partial charge in [0, 0.05) is 29.7 Å². The number of pyridine rings is 1. The lowest BCUT2D eigenvalue weighted by Crippen LogP contribution is -2.47. The van der Waals surface area contributed by atoms with Crippen molar-refractivity contribution >= 4 is 22.1 Å². The Morgan fingerprint density at radius 3 is 3.16 bits per heavy atom. The molecule has 0 aliphatic carbocycles. The standard InChI is InChI=1S/C14H17N3O2/c15-14-12-3-4-16-7-10(12)1-2-13(14)17-5-6-19-9-11(17)8-18/h1-4,7,11,18H,5-6,8-9,15H2. The van der Waals surface area contributed by atoms with E-state index in [2.05, 4.69) is 9.88 Å². The van der Waals surface area contributed by atoms with Gasteiger partial charge < -0.3 is 20.5 Å². The third kappa shape index (κ3) is 2.11. The Labute approximate surface area is 111 Å². The van der Waals surface area contributed by atoms with Crippen molar-refractivity contribution in [3.05, 3.63) is 30.6 Å². The van der Waals surface area contributed by atoms with Crippen LogP contribution in [0.3, 0.4) is 0 Å². The van der Waals surface area contributed by atoms with Crippen LogP contribution >= 0.6 is 0 Å². The molecule has 3 rings (SSSR count). The average molecular weight is 259 g/mol. The molecule has 0 bridgehead atoms. The lowest BCUT2D eigenvalue weighted by atomic mass is 10.1. The molecule has 0 spiro atoms. The number of hydrogen-bond acceptors (Lipinski definition) is 5. The minimum absolute atomic E-state index is 0.0321. The number of anilines is 2. The second-order valence-corrected chi connectivity index (χ2v) is 4.70. The van der Waals surface area contributed by atoms with Crippen LogP contribution in [0.25, 0.3) is 10.8 Å². The number of fused-ring (bicyclic) bond motifs is 1. The number of rotatable bonds is 2. The number of nitrogen functional groups attached to an aromatic ring is 1. The molecule has 0 saturated carbocycles. The zero-order chi connectivity index (χ0) is 13.2. The summed E-state index contributed by atoms with van der Waals surface area (Å²) in [7, 11) is 0. The summed E-state index contributed by atoms with van der Waals surface area (Å²) in [5, 5.41) is 11.5. The summed E-state index contributed by atoms with van der Waals surface area (Å²) in [6, 6.07) is 5.89. The Morgan fingerprint density at radius 1 is 1.42 bits per heavy atom. The molecule has 5 nitrogen and oxygen atoms in total. The molecule has 100 valence electrons. The van der Waals surface area contributed by atoms with Crippen LogP contribution in [-0.4, -0.2) is 42.5 Å². The molecule has 2 aromatic rings. The maximum Gasteiger partial charge on any atom is 0.0756 e. The Balaban J connectivity index is 2.06. The molecule has 1 unspecified atom stereocenters. The Morgan fingerprint density at radius 2 is 2.32 bits per heavy atom. The van der Waals surface area contributed by atoms with E-state index in [0.29, 0.717) is 13.2 Å². The van der Waals surface area contributed by atoms with Crippen molar-refractivity contribution in [3.63, 3.8) is 0 Å². The van der Waals surface area contributed by atoms with Crippen LogP contribution in [0.5, 0.6) is 0 Å². The van der Waals surface area contributed by atoms with E-state index >= 15 is 0 Å². The van der Waals surface area contributed by atoms with Gasteiger partial charge in [0.05, 0.1) is 37.2 Å². The van der Waals surface area contributed by atoms with Crippen molar-refractivity contribution in [1.82, 2.24) is 4.98 Å². The quantitative estimate of drug-likeness (QED) is 0.788. The summed E-state index contributed by atoms with van der Waals surface area (Å²) >= 11 is 0. The van der Waals surface area contributed by atoms with Crippen LogP contribution in [0, 0.1) is 0 Å². The van der Waals surface area contributed by atoms with Gasteiger partial charge in [-0.2, -0.15) is 0 Å². The normalized spacial score (nSPS) is 19.8. The fraction of sp³-hybridized carbons (Fsp3) is 0.357. The van der Waals surface area contributed by atoms with Crippen molar-refractivity contribution in [2.75, 3.05) is 37.0 Å². The third-order valence-corrected chi connectivity index (χ3v) is 3.59. The van der Waals surface area contributed by atoms with Gasteiger partial charge >= 0.3 is 0 Å². The number of aliphatic hydroxyl groups is 1. The number of nitrogens with two attached hydrogens (primary N) is 1. The number of nitrogens with zero attached hydrogens (tertiary/aromatic N) is 2. The molecule has 3 N–H and O–H groups in total. The van der Waals surface area contributed by atoms with Crippen LogP contribution in [0.1, 0.15) is 0 Å². The van der Waals surface area contributed by atoms with Crippen LogP contribution in [0.4, 0.5) is 11.4 Å². The van der Waals surface area contributed by atoms with Crippen molar-refractivity contribution in [2.45, 2.75) is 6.04 Å². The van der Waals surface area contributed by atoms with Gasteiger partial charge in [-0.1, -0.05) is 6.07 Å². The zero-order valence-corrected chi connectivity index (χ0v) is 10.6. The Bertz CT molecular complexity index is 588. The summed E-state index contributed by atoms with van der Waals surface area (Å²) < 4.78 is 5.40. The van der Waals surface area contributed by atoms with E-state index in [1.807, 2.05) is 18.2 Å². The first-order valence-electron chi connectivity index (χ1n) is 6.38. The summed E-state index contributed by atoms with van der Waals surface area (Å²) in [6.07, 6.45) is 3.55. The zero-order valence-electron chi connectivity index (χ0n) is 10.6. The lowest BCUT2D eigenvalue weighted by Gasteiger charge is -2.37. The van der Waals surface area contributed by atoms with Gasteiger partial charge in [-0.05, 0) is 12.1 Å². The number of benzene rings is 1. The van der Waals surface area contributed by atoms with Gasteiger partial charge in [-0.25, -0.2) is 0 Å². The summed E-state index contributed by atoms with van der Waals surface area (Å²) in [6.45, 7) is 1.99. The first-order chi connectivity index (χ1) is 9.31. The number of morpholine rings is 1. The summed E-state index contributed by atoms with van der Waals surface area (Å²) in [5.74, 6) is 0. The highest BCUT2D eigenvalue weighted by atomic mass is 16.5. The molecule has 1 fully saturated rings. The lowest BCUT2D eigenvalue weighted by molar-refractivity contribution is 0.0728. The molecular weight excluding hydrogens is 242 g/mol. The minimum Gasteiger partial charge on any atom is -0.397 e. The summed E-state index contributed by atoms with van der Waals surface area (Å²) in [4.78, 5) is 6.22. The largest absolute Gasteiger partial charge is 0.397 e. The van der Waals surface area contributed by atoms with Crippen molar-refractivity contribution in [1.29, 1.82) is 0 Å². The van der Waals surface area contributed by atoms with Crippen LogP contribution in [-0.2, 0) is 4.74 Å². The first-order valence-corrected chi connectivity index (χ1v) is 6.38. The molecule has 0 amide bonds. The maximum atomic E-state index is 9.45. The number of ether oxygens (including phenoxy) is 1. The molecule has 1 atom stereocenters. The molecule has 5 heteroatoms. The number of aromatic nitrogens is 1. The highest BCUT2D eigenvalue weighted by Gasteiger charge is 2.24. The van der Waals surface area contributed by atoms with Gasteiger partial charge in [-0.15, -0.1) is 0 Å². The molecule has 19 heavy (non-hydrogen) atoms. The van der Waals surface area contributed by atoms with Gasteiger partial charge in [0.1, 0.15) is 0 Å². The Hall–Kier alpha value is -1.85. The van der Waals surface area contributed by atoms with Crippen LogP contribution in [0.15, 0.2) is 30.6 Å². The number of hydrogen-bond donors (Lipinski definition) is 2. The topological polar surface area (TPSA) is 71.6 Å². The maximum absolute atomic E-state index is 9.45. The molecule has 1 aromatic heterocycles. The predicted octanol–water partition coefficient (Wildman–Crippen LogP) is 1.01. The summed E-state index contributed by atoms with van der Waals surface area (Å²) in [5.41, 5.74) is 7.97. The van der Waals surface area contributed by atoms with Crippen molar-refractivity contribution in [2.24, 2.45) is 0 Å². The Kier molecular flexibility index (Phi) is 3.23. The molecule has 1 aliphatic rings. The van der Waals surface area contributed by atoms with E-state index in [1.54, 1.807) is 12.4 Å². The molecule has 2 heterocycles. The van der Waals surface area contributed by atoms with E-state index in [4.69, 9.17) is 10.5 Å². The van der Waals surface area contributed by atoms with Gasteiger partial charge in [-0.3, -0.25) is 4.98 Å². The smallest absolute Gasteiger partial charge is 0.0756 e. The van der Waals surface area contributed by atoms with Crippen molar-refractivity contribution in [3.8, 4) is 0 Å². The van der Waals surface area contributed by atoms with Gasteiger partial charge in [0.25, 0.3) is 0 Å². The minimum atomic E-state index is -0.0321. The predicted molar refractivity (Wildman–Crippen MR) is 75.2 cm³/mol. The van der Waals surface area contributed by atoms with E-state index in [1.165, 1.54) is 0 Å². The SMILES string of the molecule is Nc1c(N2CCOCC2CO)ccc2cnccc12. The average Bonchev–Trinajstić information content (AvgIpc) is 2.48. The van der Waals surface area contributed by atoms with E-state index in [-0.39, 0.29) is 12.6 Å². The molecule has 1 aromatic carbocycles. The fourth-order valence-corrected chi connectivity index (χ4v) is 2.55.